The second-order valence-electron chi connectivity index (χ2n) is 11.8. The van der Waals surface area contributed by atoms with E-state index in [1.165, 1.54) is 0 Å². The van der Waals surface area contributed by atoms with E-state index in [4.69, 9.17) is 5.73 Å². The van der Waals surface area contributed by atoms with Gasteiger partial charge in [-0.2, -0.15) is 0 Å². The van der Waals surface area contributed by atoms with Crippen LogP contribution < -0.4 is 16.4 Å². The van der Waals surface area contributed by atoms with Gasteiger partial charge >= 0.3 is 6.09 Å². The van der Waals surface area contributed by atoms with Gasteiger partial charge in [-0.15, -0.1) is 0 Å². The number of aromatic amines is 1. The Morgan fingerprint density at radius 1 is 1.00 bits per heavy atom. The third-order valence-electron chi connectivity index (χ3n) is 9.01. The number of H-pyrrole nitrogens is 1. The number of nitrogens with zero attached hydrogens (tertiary/aromatic N) is 1. The van der Waals surface area contributed by atoms with Crippen molar-refractivity contribution in [3.8, 4) is 0 Å². The maximum Gasteiger partial charge on any atom is 0.408 e. The van der Waals surface area contributed by atoms with Crippen molar-refractivity contribution in [3.05, 3.63) is 71.4 Å². The molecule has 1 aliphatic rings. The van der Waals surface area contributed by atoms with E-state index in [0.717, 1.165) is 32.6 Å². The number of nitrogens with two attached hydrogens (primary N) is 1. The standard InChI is InChI=1S/C33H43N5O5/c1-5-20(3)27(29(34)39)36-31(41)33(17-16-26-24(18-33)23-14-10-11-15-25(23)35-26)37-30(40)28(21(4)6-2)38(32(42)43)19-22-12-8-7-9-13-22/h7-15,20-21,27-28,35H,5-6,16-19H2,1-4H3,(H2,34,39)(H,36,41)(H,37,40)(H,42,43)/t20-,21-,27-,28-,33+/m0/s1. The first-order chi connectivity index (χ1) is 20.5. The molecule has 0 unspecified atom stereocenters. The van der Waals surface area contributed by atoms with Crippen molar-refractivity contribution in [2.45, 2.75) is 84.0 Å². The lowest BCUT2D eigenvalue weighted by atomic mass is 9.78. The van der Waals surface area contributed by atoms with Crippen molar-refractivity contribution in [3.63, 3.8) is 0 Å². The summed E-state index contributed by atoms with van der Waals surface area (Å²) >= 11 is 0. The molecule has 10 heteroatoms. The Hall–Kier alpha value is -4.34. The van der Waals surface area contributed by atoms with E-state index in [1.807, 2.05) is 82.3 Å². The van der Waals surface area contributed by atoms with Crippen LogP contribution in [0, 0.1) is 11.8 Å². The molecule has 10 nitrogen and oxygen atoms in total. The van der Waals surface area contributed by atoms with Crippen LogP contribution in [-0.2, 0) is 33.8 Å². The van der Waals surface area contributed by atoms with Crippen molar-refractivity contribution in [2.75, 3.05) is 0 Å². The zero-order valence-corrected chi connectivity index (χ0v) is 25.4. The number of aryl methyl sites for hydroxylation is 1. The fraction of sp³-hybridized carbons (Fsp3) is 0.455. The summed E-state index contributed by atoms with van der Waals surface area (Å²) in [6, 6.07) is 14.9. The molecule has 0 aliphatic heterocycles. The predicted molar refractivity (Wildman–Crippen MR) is 165 cm³/mol. The molecular weight excluding hydrogens is 546 g/mol. The largest absolute Gasteiger partial charge is 0.465 e. The van der Waals surface area contributed by atoms with E-state index < -0.39 is 41.4 Å². The van der Waals surface area contributed by atoms with Crippen LogP contribution in [0.3, 0.4) is 0 Å². The van der Waals surface area contributed by atoms with Crippen LogP contribution in [0.2, 0.25) is 0 Å². The Morgan fingerprint density at radius 2 is 1.65 bits per heavy atom. The molecule has 5 atom stereocenters. The molecule has 1 heterocycles. The summed E-state index contributed by atoms with van der Waals surface area (Å²) in [6.07, 6.45) is 0.840. The quantitative estimate of drug-likeness (QED) is 0.215. The number of carboxylic acid groups (broad SMARTS) is 1. The van der Waals surface area contributed by atoms with Crippen LogP contribution in [0.1, 0.15) is 63.8 Å². The van der Waals surface area contributed by atoms with Crippen molar-refractivity contribution in [1.29, 1.82) is 0 Å². The van der Waals surface area contributed by atoms with E-state index in [1.54, 1.807) is 0 Å². The van der Waals surface area contributed by atoms with Gasteiger partial charge in [-0.05, 0) is 41.9 Å². The van der Waals surface area contributed by atoms with Crippen LogP contribution in [0.25, 0.3) is 10.9 Å². The van der Waals surface area contributed by atoms with E-state index in [-0.39, 0.29) is 31.2 Å². The lowest BCUT2D eigenvalue weighted by Gasteiger charge is -2.41. The summed E-state index contributed by atoms with van der Waals surface area (Å²) in [4.78, 5) is 58.1. The summed E-state index contributed by atoms with van der Waals surface area (Å²) in [7, 11) is 0. The van der Waals surface area contributed by atoms with Crippen LogP contribution in [0.4, 0.5) is 4.79 Å². The third-order valence-corrected chi connectivity index (χ3v) is 9.01. The number of primary amides is 1. The minimum absolute atomic E-state index is 0.0160. The molecule has 1 aliphatic carbocycles. The van der Waals surface area contributed by atoms with Crippen molar-refractivity contribution in [2.24, 2.45) is 17.6 Å². The number of benzene rings is 2. The Kier molecular flexibility index (Phi) is 9.78. The molecule has 0 fully saturated rings. The topological polar surface area (TPSA) is 158 Å². The van der Waals surface area contributed by atoms with E-state index in [0.29, 0.717) is 19.3 Å². The van der Waals surface area contributed by atoms with Crippen molar-refractivity contribution < 1.29 is 24.3 Å². The van der Waals surface area contributed by atoms with Gasteiger partial charge in [0.15, 0.2) is 0 Å². The third kappa shape index (κ3) is 6.68. The van der Waals surface area contributed by atoms with E-state index in [9.17, 15) is 24.3 Å². The molecule has 43 heavy (non-hydrogen) atoms. The number of para-hydroxylation sites is 1. The average molecular weight is 590 g/mol. The number of aromatic nitrogens is 1. The van der Waals surface area contributed by atoms with Gasteiger partial charge in [-0.3, -0.25) is 19.3 Å². The molecular formula is C33H43N5O5. The normalized spacial score (nSPS) is 19.0. The zero-order valence-electron chi connectivity index (χ0n) is 25.4. The van der Waals surface area contributed by atoms with Gasteiger partial charge in [0.2, 0.25) is 17.7 Å². The maximum atomic E-state index is 14.3. The highest BCUT2D eigenvalue weighted by Crippen LogP contribution is 2.35. The average Bonchev–Trinajstić information content (AvgIpc) is 3.36. The van der Waals surface area contributed by atoms with Gasteiger partial charge in [-0.25, -0.2) is 4.79 Å². The van der Waals surface area contributed by atoms with Gasteiger partial charge in [0, 0.05) is 29.6 Å². The second kappa shape index (κ2) is 13.3. The molecule has 4 amide bonds. The fourth-order valence-electron chi connectivity index (χ4n) is 6.07. The Labute approximate surface area is 252 Å². The van der Waals surface area contributed by atoms with Gasteiger partial charge in [0.1, 0.15) is 17.6 Å². The molecule has 0 saturated carbocycles. The smallest absolute Gasteiger partial charge is 0.408 e. The zero-order chi connectivity index (χ0) is 31.3. The lowest BCUT2D eigenvalue weighted by molar-refractivity contribution is -0.139. The number of rotatable bonds is 12. The van der Waals surface area contributed by atoms with E-state index in [2.05, 4.69) is 15.6 Å². The first kappa shape index (κ1) is 31.6. The molecule has 0 radical (unpaired) electrons. The highest BCUT2D eigenvalue weighted by molar-refractivity contribution is 5.98. The molecule has 3 aromatic rings. The van der Waals surface area contributed by atoms with Gasteiger partial charge in [-0.1, -0.05) is 89.1 Å². The molecule has 0 spiro atoms. The Balaban J connectivity index is 1.75. The molecule has 230 valence electrons. The second-order valence-corrected chi connectivity index (χ2v) is 11.8. The first-order valence-electron chi connectivity index (χ1n) is 15.1. The minimum atomic E-state index is -1.43. The highest BCUT2D eigenvalue weighted by atomic mass is 16.4. The number of carbonyl (C=O) groups excluding carboxylic acids is 3. The number of nitrogens with one attached hydrogen (secondary N) is 3. The van der Waals surface area contributed by atoms with Crippen LogP contribution >= 0.6 is 0 Å². The molecule has 4 rings (SSSR count). The number of hydrogen-bond acceptors (Lipinski definition) is 4. The fourth-order valence-corrected chi connectivity index (χ4v) is 6.07. The summed E-state index contributed by atoms with van der Waals surface area (Å²) in [6.45, 7) is 7.50. The Bertz CT molecular complexity index is 1470. The summed E-state index contributed by atoms with van der Waals surface area (Å²) in [5.74, 6) is -2.27. The predicted octanol–water partition coefficient (Wildman–Crippen LogP) is 4.12. The summed E-state index contributed by atoms with van der Waals surface area (Å²) < 4.78 is 0. The lowest BCUT2D eigenvalue weighted by Crippen LogP contribution is -2.67. The maximum absolute atomic E-state index is 14.3. The summed E-state index contributed by atoms with van der Waals surface area (Å²) in [5.41, 5.74) is 7.85. The molecule has 6 N–H and O–H groups in total. The molecule has 0 bridgehead atoms. The monoisotopic (exact) mass is 589 g/mol. The first-order valence-corrected chi connectivity index (χ1v) is 15.1. The van der Waals surface area contributed by atoms with Crippen LogP contribution in [-0.4, -0.2) is 56.4 Å². The molecule has 1 aromatic heterocycles. The number of amides is 4. The van der Waals surface area contributed by atoms with Crippen LogP contribution in [0.15, 0.2) is 54.6 Å². The molecule has 0 saturated heterocycles. The van der Waals surface area contributed by atoms with Gasteiger partial charge < -0.3 is 26.5 Å². The Morgan fingerprint density at radius 3 is 2.28 bits per heavy atom. The molecule has 2 aromatic carbocycles. The number of hydrogen-bond donors (Lipinski definition) is 5. The highest BCUT2D eigenvalue weighted by Gasteiger charge is 2.47. The van der Waals surface area contributed by atoms with Gasteiger partial charge in [0.05, 0.1) is 0 Å². The number of fused-ring (bicyclic) bond motifs is 3. The van der Waals surface area contributed by atoms with Crippen molar-refractivity contribution >= 4 is 34.7 Å². The van der Waals surface area contributed by atoms with Crippen molar-refractivity contribution in [1.82, 2.24) is 20.5 Å². The number of carbonyl (C=O) groups is 4. The van der Waals surface area contributed by atoms with Gasteiger partial charge in [0.25, 0.3) is 0 Å². The minimum Gasteiger partial charge on any atom is -0.465 e. The SMILES string of the molecule is CC[C@H](C)[C@H](NC(=O)[C@@]1(NC(=O)[C@H]([C@@H](C)CC)N(Cc2ccccc2)C(=O)O)CCc2[nH]c3ccccc3c2C1)C(N)=O. The summed E-state index contributed by atoms with van der Waals surface area (Å²) in [5, 5.41) is 17.1. The van der Waals surface area contributed by atoms with Crippen LogP contribution in [0.5, 0.6) is 0 Å². The van der Waals surface area contributed by atoms with E-state index >= 15 is 0 Å².